The highest BCUT2D eigenvalue weighted by molar-refractivity contribution is 6.28. The molecule has 0 saturated carbocycles. The van der Waals surface area contributed by atoms with Gasteiger partial charge in [-0.25, -0.2) is 4.39 Å². The highest BCUT2D eigenvalue weighted by Gasteiger charge is 2.06. The lowest BCUT2D eigenvalue weighted by Gasteiger charge is -1.98. The maximum atomic E-state index is 12.1. The molecule has 13 heavy (non-hydrogen) atoms. The van der Waals surface area contributed by atoms with E-state index >= 15 is 0 Å². The number of furan rings is 1. The van der Waals surface area contributed by atoms with Gasteiger partial charge in [-0.2, -0.15) is 0 Å². The van der Waals surface area contributed by atoms with Gasteiger partial charge < -0.3 is 9.73 Å². The summed E-state index contributed by atoms with van der Waals surface area (Å²) in [6, 6.07) is 3.12. The van der Waals surface area contributed by atoms with Gasteiger partial charge in [0, 0.05) is 0 Å². The molecule has 5 heteroatoms. The molecule has 70 valence electrons. The predicted octanol–water partition coefficient (Wildman–Crippen LogP) is 2.03. The summed E-state index contributed by atoms with van der Waals surface area (Å²) in [6.07, 6.45) is 0. The van der Waals surface area contributed by atoms with Gasteiger partial charge in [0.2, 0.25) is 0 Å². The average Bonchev–Trinajstić information content (AvgIpc) is 2.47. The second kappa shape index (κ2) is 4.09. The van der Waals surface area contributed by atoms with Gasteiger partial charge in [-0.15, -0.1) is 0 Å². The zero-order valence-corrected chi connectivity index (χ0v) is 7.40. The summed E-state index contributed by atoms with van der Waals surface area (Å²) in [5.74, 6) is -1.43. The zero-order valence-electron chi connectivity index (χ0n) is 6.64. The molecule has 1 rings (SSSR count). The van der Waals surface area contributed by atoms with E-state index in [9.17, 15) is 9.18 Å². The monoisotopic (exact) mass is 203 g/mol. The second-order valence-corrected chi connectivity index (χ2v) is 2.67. The van der Waals surface area contributed by atoms with Crippen molar-refractivity contribution in [2.45, 2.75) is 6.54 Å². The van der Waals surface area contributed by atoms with Crippen LogP contribution in [-0.4, -0.2) is 5.91 Å². The fourth-order valence-corrected chi connectivity index (χ4v) is 0.872. The summed E-state index contributed by atoms with van der Waals surface area (Å²) >= 11 is 5.47. The van der Waals surface area contributed by atoms with Crippen LogP contribution in [0, 0.1) is 0 Å². The maximum absolute atomic E-state index is 12.1. The molecule has 1 aromatic rings. The predicted molar refractivity (Wildman–Crippen MR) is 45.8 cm³/mol. The third kappa shape index (κ3) is 2.91. The first-order valence-electron chi connectivity index (χ1n) is 3.46. The van der Waals surface area contributed by atoms with Gasteiger partial charge in [0.1, 0.15) is 5.76 Å². The number of hydrogen-bond acceptors (Lipinski definition) is 2. The third-order valence-electron chi connectivity index (χ3n) is 1.30. The first kappa shape index (κ1) is 9.80. The van der Waals surface area contributed by atoms with E-state index in [1.807, 2.05) is 0 Å². The van der Waals surface area contributed by atoms with Crippen LogP contribution in [0.15, 0.2) is 29.0 Å². The number of rotatable bonds is 3. The molecule has 0 aliphatic heterocycles. The Morgan fingerprint density at radius 2 is 2.38 bits per heavy atom. The van der Waals surface area contributed by atoms with Crippen molar-refractivity contribution in [1.82, 2.24) is 5.32 Å². The summed E-state index contributed by atoms with van der Waals surface area (Å²) in [5, 5.41) is 2.47. The molecule has 0 bridgehead atoms. The standard InChI is InChI=1S/C8H7ClFNO2/c1-5(10)8(12)11-4-6-2-3-7(9)13-6/h2-3H,1,4H2,(H,11,12). The largest absolute Gasteiger partial charge is 0.448 e. The molecule has 0 aliphatic rings. The summed E-state index contributed by atoms with van der Waals surface area (Å²) in [4.78, 5) is 10.7. The normalized spacial score (nSPS) is 9.69. The Labute approximate surface area is 79.2 Å². The van der Waals surface area contributed by atoms with Crippen LogP contribution in [0.5, 0.6) is 0 Å². The van der Waals surface area contributed by atoms with Crippen LogP contribution < -0.4 is 5.32 Å². The minimum absolute atomic E-state index is 0.0918. The molecule has 0 saturated heterocycles. The van der Waals surface area contributed by atoms with Crippen LogP contribution in [0.1, 0.15) is 5.76 Å². The third-order valence-corrected chi connectivity index (χ3v) is 1.50. The van der Waals surface area contributed by atoms with Gasteiger partial charge in [0.25, 0.3) is 5.91 Å². The first-order chi connectivity index (χ1) is 6.09. The Hall–Kier alpha value is -1.29. The van der Waals surface area contributed by atoms with Crippen molar-refractivity contribution in [3.8, 4) is 0 Å². The fraction of sp³-hybridized carbons (Fsp3) is 0.125. The molecule has 1 amide bonds. The highest BCUT2D eigenvalue weighted by Crippen LogP contribution is 2.12. The van der Waals surface area contributed by atoms with Crippen molar-refractivity contribution in [2.75, 3.05) is 0 Å². The molecule has 0 aromatic carbocycles. The molecule has 1 N–H and O–H groups in total. The van der Waals surface area contributed by atoms with Crippen molar-refractivity contribution in [3.05, 3.63) is 35.5 Å². The van der Waals surface area contributed by atoms with Gasteiger partial charge in [0.05, 0.1) is 6.54 Å². The van der Waals surface area contributed by atoms with Crippen molar-refractivity contribution >= 4 is 17.5 Å². The van der Waals surface area contributed by atoms with E-state index in [4.69, 9.17) is 16.0 Å². The van der Waals surface area contributed by atoms with E-state index in [2.05, 4.69) is 11.9 Å². The number of hydrogen-bond donors (Lipinski definition) is 1. The molecule has 0 unspecified atom stereocenters. The molecule has 3 nitrogen and oxygen atoms in total. The topological polar surface area (TPSA) is 42.2 Å². The van der Waals surface area contributed by atoms with Crippen LogP contribution >= 0.6 is 11.6 Å². The molecule has 0 spiro atoms. The van der Waals surface area contributed by atoms with Crippen LogP contribution in [0.25, 0.3) is 0 Å². The first-order valence-corrected chi connectivity index (χ1v) is 3.84. The smallest absolute Gasteiger partial charge is 0.279 e. The molecule has 1 aromatic heterocycles. The van der Waals surface area contributed by atoms with E-state index in [1.54, 1.807) is 6.07 Å². The fourth-order valence-electron chi connectivity index (χ4n) is 0.710. The summed E-state index contributed by atoms with van der Waals surface area (Å²) in [5.41, 5.74) is 0. The molecule has 0 aliphatic carbocycles. The van der Waals surface area contributed by atoms with Gasteiger partial charge in [-0.05, 0) is 23.7 Å². The number of halogens is 2. The van der Waals surface area contributed by atoms with Crippen molar-refractivity contribution < 1.29 is 13.6 Å². The van der Waals surface area contributed by atoms with E-state index < -0.39 is 11.7 Å². The molecule has 1 heterocycles. The van der Waals surface area contributed by atoms with Crippen LogP contribution in [0.3, 0.4) is 0 Å². The Bertz CT molecular complexity index is 335. The van der Waals surface area contributed by atoms with E-state index in [1.165, 1.54) is 6.07 Å². The molecular weight excluding hydrogens is 197 g/mol. The Morgan fingerprint density at radius 1 is 1.69 bits per heavy atom. The molecule has 0 atom stereocenters. The quantitative estimate of drug-likeness (QED) is 0.764. The minimum Gasteiger partial charge on any atom is -0.448 e. The number of carbonyl (C=O) groups is 1. The van der Waals surface area contributed by atoms with E-state index in [-0.39, 0.29) is 11.8 Å². The van der Waals surface area contributed by atoms with Crippen molar-refractivity contribution in [2.24, 2.45) is 0 Å². The van der Waals surface area contributed by atoms with Crippen molar-refractivity contribution in [1.29, 1.82) is 0 Å². The number of nitrogens with one attached hydrogen (secondary N) is 1. The zero-order chi connectivity index (χ0) is 9.84. The van der Waals surface area contributed by atoms with Gasteiger partial charge in [-0.1, -0.05) is 6.58 Å². The Morgan fingerprint density at radius 3 is 2.85 bits per heavy atom. The Kier molecular flexibility index (Phi) is 3.08. The molecule has 0 fully saturated rings. The summed E-state index contributed by atoms with van der Waals surface area (Å²) in [6.45, 7) is 2.93. The maximum Gasteiger partial charge on any atom is 0.279 e. The number of carbonyl (C=O) groups excluding carboxylic acids is 1. The van der Waals surface area contributed by atoms with Gasteiger partial charge >= 0.3 is 0 Å². The molecule has 0 radical (unpaired) electrons. The van der Waals surface area contributed by atoms with Crippen LogP contribution in [-0.2, 0) is 11.3 Å². The van der Waals surface area contributed by atoms with Crippen LogP contribution in [0.4, 0.5) is 4.39 Å². The van der Waals surface area contributed by atoms with Crippen molar-refractivity contribution in [3.63, 3.8) is 0 Å². The van der Waals surface area contributed by atoms with E-state index in [0.29, 0.717) is 5.76 Å². The van der Waals surface area contributed by atoms with Gasteiger partial charge in [0.15, 0.2) is 11.0 Å². The SMILES string of the molecule is C=C(F)C(=O)NCc1ccc(Cl)o1. The lowest BCUT2D eigenvalue weighted by atomic mass is 10.4. The summed E-state index contributed by atoms with van der Waals surface area (Å²) in [7, 11) is 0. The Balaban J connectivity index is 2.44. The van der Waals surface area contributed by atoms with Crippen LogP contribution in [0.2, 0.25) is 5.22 Å². The molecular formula is C8H7ClFNO2. The highest BCUT2D eigenvalue weighted by atomic mass is 35.5. The summed E-state index contributed by atoms with van der Waals surface area (Å²) < 4.78 is 17.1. The lowest BCUT2D eigenvalue weighted by Crippen LogP contribution is -2.22. The van der Waals surface area contributed by atoms with E-state index in [0.717, 1.165) is 0 Å². The van der Waals surface area contributed by atoms with Gasteiger partial charge in [-0.3, -0.25) is 4.79 Å². The average molecular weight is 204 g/mol. The lowest BCUT2D eigenvalue weighted by molar-refractivity contribution is -0.119. The minimum atomic E-state index is -1.03. The number of amides is 1. The second-order valence-electron chi connectivity index (χ2n) is 2.29.